The first kappa shape index (κ1) is 16.7. The quantitative estimate of drug-likeness (QED) is 0.870. The van der Waals surface area contributed by atoms with Crippen LogP contribution in [0.1, 0.15) is 24.8 Å². The highest BCUT2D eigenvalue weighted by Crippen LogP contribution is 2.30. The molecular weight excluding hydrogens is 328 g/mol. The van der Waals surface area contributed by atoms with Crippen LogP contribution in [-0.4, -0.2) is 22.1 Å². The Morgan fingerprint density at radius 1 is 1.38 bits per heavy atom. The van der Waals surface area contributed by atoms with Crippen molar-refractivity contribution in [2.75, 3.05) is 5.32 Å². The number of aliphatic hydroxyl groups excluding tert-OH is 1. The van der Waals surface area contributed by atoms with E-state index in [0.717, 1.165) is 12.0 Å². The number of carbonyl (C=O) groups is 1. The van der Waals surface area contributed by atoms with E-state index < -0.39 is 6.10 Å². The Kier molecular flexibility index (Phi) is 5.33. The number of nitrogens with zero attached hydrogens (tertiary/aromatic N) is 1. The number of aromatic nitrogens is 1. The number of hydrogen-bond acceptors (Lipinski definition) is 4. The molecule has 24 heavy (non-hydrogen) atoms. The van der Waals surface area contributed by atoms with Gasteiger partial charge < -0.3 is 15.2 Å². The Bertz CT molecular complexity index is 709. The second-order valence-electron chi connectivity index (χ2n) is 5.89. The van der Waals surface area contributed by atoms with Gasteiger partial charge in [-0.15, -0.1) is 0 Å². The van der Waals surface area contributed by atoms with Crippen LogP contribution in [0, 0.1) is 5.92 Å². The molecule has 0 aliphatic heterocycles. The van der Waals surface area contributed by atoms with Crippen LogP contribution in [0.2, 0.25) is 5.02 Å². The third kappa shape index (κ3) is 4.04. The molecular formula is C18H19ClN2O3. The number of halogens is 1. The summed E-state index contributed by atoms with van der Waals surface area (Å²) in [5.41, 5.74) is 1.54. The molecule has 3 rings (SSSR count). The molecule has 0 saturated heterocycles. The summed E-state index contributed by atoms with van der Waals surface area (Å²) in [6, 6.07) is 8.88. The van der Waals surface area contributed by atoms with E-state index in [9.17, 15) is 9.90 Å². The molecule has 1 amide bonds. The smallest absolute Gasteiger partial charge is 0.230 e. The molecule has 0 radical (unpaired) electrons. The van der Waals surface area contributed by atoms with Crippen molar-refractivity contribution in [3.05, 3.63) is 53.3 Å². The highest BCUT2D eigenvalue weighted by atomic mass is 35.5. The molecule has 1 aliphatic rings. The number of rotatable bonds is 5. The van der Waals surface area contributed by atoms with Gasteiger partial charge in [0.2, 0.25) is 5.91 Å². The maximum Gasteiger partial charge on any atom is 0.230 e. The molecule has 1 aromatic carbocycles. The summed E-state index contributed by atoms with van der Waals surface area (Å²) in [5, 5.41) is 13.0. The maximum atomic E-state index is 12.2. The number of nitrogens with one attached hydrogen (secondary N) is 1. The highest BCUT2D eigenvalue weighted by Gasteiger charge is 2.31. The summed E-state index contributed by atoms with van der Waals surface area (Å²) >= 11 is 6.23. The van der Waals surface area contributed by atoms with Crippen LogP contribution in [0.5, 0.6) is 5.75 Å². The lowest BCUT2D eigenvalue weighted by Gasteiger charge is -2.15. The van der Waals surface area contributed by atoms with Gasteiger partial charge in [0.05, 0.1) is 17.0 Å². The van der Waals surface area contributed by atoms with Gasteiger partial charge in [-0.1, -0.05) is 17.7 Å². The summed E-state index contributed by atoms with van der Waals surface area (Å²) in [7, 11) is 0. The number of amides is 1. The zero-order chi connectivity index (χ0) is 16.9. The third-order valence-corrected chi connectivity index (χ3v) is 4.43. The fourth-order valence-electron chi connectivity index (χ4n) is 2.82. The Morgan fingerprint density at radius 3 is 2.92 bits per heavy atom. The average Bonchev–Trinajstić information content (AvgIpc) is 3.01. The molecule has 126 valence electrons. The van der Waals surface area contributed by atoms with Crippen molar-refractivity contribution in [3.8, 4) is 5.75 Å². The lowest BCUT2D eigenvalue weighted by Crippen LogP contribution is -2.28. The van der Waals surface area contributed by atoms with Gasteiger partial charge in [0.15, 0.2) is 0 Å². The van der Waals surface area contributed by atoms with Crippen LogP contribution >= 0.6 is 11.6 Å². The molecule has 1 saturated carbocycles. The number of ether oxygens (including phenoxy) is 1. The largest absolute Gasteiger partial charge is 0.487 e. The van der Waals surface area contributed by atoms with Gasteiger partial charge in [-0.3, -0.25) is 9.78 Å². The molecule has 0 spiro atoms. The van der Waals surface area contributed by atoms with Gasteiger partial charge in [0.25, 0.3) is 0 Å². The summed E-state index contributed by atoms with van der Waals surface area (Å²) in [6.07, 6.45) is 5.15. The Morgan fingerprint density at radius 2 is 2.25 bits per heavy atom. The van der Waals surface area contributed by atoms with Crippen LogP contribution < -0.4 is 10.1 Å². The van der Waals surface area contributed by atoms with Crippen LogP contribution in [-0.2, 0) is 11.4 Å². The monoisotopic (exact) mass is 346 g/mol. The Labute approximate surface area is 145 Å². The summed E-state index contributed by atoms with van der Waals surface area (Å²) in [5.74, 6) is 0.0322. The molecule has 2 unspecified atom stereocenters. The van der Waals surface area contributed by atoms with Crippen molar-refractivity contribution in [3.63, 3.8) is 0 Å². The van der Waals surface area contributed by atoms with E-state index in [-0.39, 0.29) is 11.8 Å². The van der Waals surface area contributed by atoms with Crippen LogP contribution in [0.15, 0.2) is 42.7 Å². The predicted octanol–water partition coefficient (Wildman–Crippen LogP) is 3.41. The van der Waals surface area contributed by atoms with E-state index in [2.05, 4.69) is 10.3 Å². The predicted molar refractivity (Wildman–Crippen MR) is 92.0 cm³/mol. The lowest BCUT2D eigenvalue weighted by atomic mass is 10.1. The third-order valence-electron chi connectivity index (χ3n) is 4.13. The van der Waals surface area contributed by atoms with Gasteiger partial charge in [0, 0.05) is 23.6 Å². The molecule has 0 bridgehead atoms. The van der Waals surface area contributed by atoms with Crippen molar-refractivity contribution >= 4 is 23.2 Å². The minimum Gasteiger partial charge on any atom is -0.487 e. The van der Waals surface area contributed by atoms with Gasteiger partial charge in [-0.05, 0) is 43.5 Å². The van der Waals surface area contributed by atoms with E-state index in [0.29, 0.717) is 35.9 Å². The zero-order valence-electron chi connectivity index (χ0n) is 13.1. The van der Waals surface area contributed by atoms with E-state index in [1.165, 1.54) is 0 Å². The number of anilines is 1. The van der Waals surface area contributed by atoms with Crippen LogP contribution in [0.4, 0.5) is 5.69 Å². The second kappa shape index (κ2) is 7.64. The summed E-state index contributed by atoms with van der Waals surface area (Å²) < 4.78 is 5.68. The van der Waals surface area contributed by atoms with Crippen molar-refractivity contribution in [2.45, 2.75) is 32.0 Å². The lowest BCUT2D eigenvalue weighted by molar-refractivity contribution is -0.122. The second-order valence-corrected chi connectivity index (χ2v) is 6.30. The van der Waals surface area contributed by atoms with Crippen LogP contribution in [0.25, 0.3) is 0 Å². The first-order valence-corrected chi connectivity index (χ1v) is 8.31. The summed E-state index contributed by atoms with van der Waals surface area (Å²) in [4.78, 5) is 16.2. The molecule has 1 heterocycles. The highest BCUT2D eigenvalue weighted by molar-refractivity contribution is 6.32. The Balaban J connectivity index is 1.61. The zero-order valence-corrected chi connectivity index (χ0v) is 13.9. The van der Waals surface area contributed by atoms with Crippen LogP contribution in [0.3, 0.4) is 0 Å². The molecule has 2 aromatic rings. The number of carbonyl (C=O) groups excluding carboxylic acids is 1. The van der Waals surface area contributed by atoms with Crippen molar-refractivity contribution in [2.24, 2.45) is 5.92 Å². The van der Waals surface area contributed by atoms with Gasteiger partial charge in [0.1, 0.15) is 12.4 Å². The van der Waals surface area contributed by atoms with Gasteiger partial charge >= 0.3 is 0 Å². The Hall–Kier alpha value is -2.11. The van der Waals surface area contributed by atoms with E-state index in [1.807, 2.05) is 12.1 Å². The van der Waals surface area contributed by atoms with E-state index in [1.54, 1.807) is 30.6 Å². The number of aliphatic hydroxyl groups is 1. The standard InChI is InChI=1S/C18H19ClN2O3/c19-15-9-13(21-18(23)14-4-1-5-16(14)22)6-7-17(15)24-11-12-3-2-8-20-10-12/h2-3,6-10,14,16,22H,1,4-5,11H2,(H,21,23). The maximum absolute atomic E-state index is 12.2. The number of pyridine rings is 1. The molecule has 2 atom stereocenters. The fraction of sp³-hybridized carbons (Fsp3) is 0.333. The SMILES string of the molecule is O=C(Nc1ccc(OCc2cccnc2)c(Cl)c1)C1CCCC1O. The van der Waals surface area contributed by atoms with Crippen molar-refractivity contribution < 1.29 is 14.6 Å². The topological polar surface area (TPSA) is 71.5 Å². The minimum atomic E-state index is -0.553. The summed E-state index contributed by atoms with van der Waals surface area (Å²) in [6.45, 7) is 0.369. The van der Waals surface area contributed by atoms with Gasteiger partial charge in [-0.2, -0.15) is 0 Å². The van der Waals surface area contributed by atoms with E-state index >= 15 is 0 Å². The minimum absolute atomic E-state index is 0.167. The molecule has 1 aromatic heterocycles. The van der Waals surface area contributed by atoms with Crippen molar-refractivity contribution in [1.29, 1.82) is 0 Å². The molecule has 1 fully saturated rings. The fourth-order valence-corrected chi connectivity index (χ4v) is 3.06. The normalized spacial score (nSPS) is 19.9. The number of benzene rings is 1. The molecule has 6 heteroatoms. The van der Waals surface area contributed by atoms with E-state index in [4.69, 9.17) is 16.3 Å². The van der Waals surface area contributed by atoms with Gasteiger partial charge in [-0.25, -0.2) is 0 Å². The first-order valence-electron chi connectivity index (χ1n) is 7.93. The average molecular weight is 347 g/mol. The van der Waals surface area contributed by atoms with Crippen molar-refractivity contribution in [1.82, 2.24) is 4.98 Å². The molecule has 5 nitrogen and oxygen atoms in total. The first-order chi connectivity index (χ1) is 11.6. The molecule has 1 aliphatic carbocycles. The molecule has 2 N–H and O–H groups in total. The number of hydrogen-bond donors (Lipinski definition) is 2.